The van der Waals surface area contributed by atoms with Crippen LogP contribution in [0.4, 0.5) is 0 Å². The SMILES string of the molecule is COc1cc(/C=N\OC/C=C/C=C(\C)CCC(O)c2cccs2)cc(OC)c1OC. The number of aliphatic hydroxyl groups excluding tert-OH is 1. The molecule has 0 saturated carbocycles. The Kier molecular flexibility index (Phi) is 9.97. The Balaban J connectivity index is 1.78. The Morgan fingerprint density at radius 2 is 1.90 bits per heavy atom. The molecule has 1 atom stereocenters. The third-order valence-electron chi connectivity index (χ3n) is 4.33. The zero-order valence-corrected chi connectivity index (χ0v) is 18.6. The fraction of sp³-hybridized carbons (Fsp3) is 0.348. The maximum Gasteiger partial charge on any atom is 0.203 e. The number of oxime groups is 1. The van der Waals surface area contributed by atoms with Crippen LogP contribution < -0.4 is 14.2 Å². The maximum absolute atomic E-state index is 10.1. The van der Waals surface area contributed by atoms with Crippen molar-refractivity contribution in [1.82, 2.24) is 0 Å². The molecule has 6 nitrogen and oxygen atoms in total. The summed E-state index contributed by atoms with van der Waals surface area (Å²) in [6, 6.07) is 7.50. The normalized spacial score (nSPS) is 13.0. The van der Waals surface area contributed by atoms with Crippen LogP contribution in [0.2, 0.25) is 0 Å². The van der Waals surface area contributed by atoms with Gasteiger partial charge in [-0.05, 0) is 49.4 Å². The van der Waals surface area contributed by atoms with Crippen molar-refractivity contribution in [2.24, 2.45) is 5.16 Å². The predicted molar refractivity (Wildman–Crippen MR) is 121 cm³/mol. The van der Waals surface area contributed by atoms with Crippen molar-refractivity contribution < 1.29 is 24.2 Å². The Morgan fingerprint density at radius 3 is 2.50 bits per heavy atom. The monoisotopic (exact) mass is 431 g/mol. The molecule has 2 aromatic rings. The van der Waals surface area contributed by atoms with Crippen LogP contribution in [0.25, 0.3) is 0 Å². The van der Waals surface area contributed by atoms with Gasteiger partial charge in [0.15, 0.2) is 11.5 Å². The molecule has 0 spiro atoms. The summed E-state index contributed by atoms with van der Waals surface area (Å²) in [5.41, 5.74) is 1.97. The van der Waals surface area contributed by atoms with Gasteiger partial charge in [0.05, 0.1) is 33.6 Å². The number of ether oxygens (including phenoxy) is 3. The summed E-state index contributed by atoms with van der Waals surface area (Å²) in [5.74, 6) is 1.65. The lowest BCUT2D eigenvalue weighted by Gasteiger charge is -2.12. The summed E-state index contributed by atoms with van der Waals surface area (Å²) in [4.78, 5) is 6.28. The molecule has 1 aromatic heterocycles. The van der Waals surface area contributed by atoms with Crippen LogP contribution in [-0.2, 0) is 4.84 Å². The third kappa shape index (κ3) is 7.24. The Bertz CT molecular complexity index is 833. The van der Waals surface area contributed by atoms with Gasteiger partial charge in [0, 0.05) is 10.4 Å². The van der Waals surface area contributed by atoms with Crippen LogP contribution in [0.3, 0.4) is 0 Å². The maximum atomic E-state index is 10.1. The van der Waals surface area contributed by atoms with Crippen molar-refractivity contribution in [2.75, 3.05) is 27.9 Å². The van der Waals surface area contributed by atoms with E-state index >= 15 is 0 Å². The third-order valence-corrected chi connectivity index (χ3v) is 5.31. The molecule has 162 valence electrons. The van der Waals surface area contributed by atoms with E-state index in [1.807, 2.05) is 35.7 Å². The molecule has 0 fully saturated rings. The van der Waals surface area contributed by atoms with Crippen LogP contribution in [-0.4, -0.2) is 39.3 Å². The molecule has 0 aliphatic heterocycles. The number of rotatable bonds is 12. The molecule has 0 radical (unpaired) electrons. The van der Waals surface area contributed by atoms with E-state index in [0.29, 0.717) is 30.3 Å². The van der Waals surface area contributed by atoms with Crippen LogP contribution in [0.1, 0.15) is 36.3 Å². The highest BCUT2D eigenvalue weighted by Crippen LogP contribution is 2.37. The number of hydrogen-bond acceptors (Lipinski definition) is 7. The van der Waals surface area contributed by atoms with Crippen LogP contribution in [0, 0.1) is 0 Å². The van der Waals surface area contributed by atoms with Gasteiger partial charge in [0.1, 0.15) is 6.61 Å². The summed E-state index contributed by atoms with van der Waals surface area (Å²) in [7, 11) is 4.70. The minimum Gasteiger partial charge on any atom is -0.493 e. The van der Waals surface area contributed by atoms with E-state index in [9.17, 15) is 5.11 Å². The zero-order valence-electron chi connectivity index (χ0n) is 17.8. The standard InChI is InChI=1S/C23H29NO5S/c1-17(10-11-19(25)22-9-7-13-30-22)8-5-6-12-29-24-16-18-14-20(26-2)23(28-4)21(15-18)27-3/h5-9,13-16,19,25H,10-12H2,1-4H3/b6-5+,17-8+,24-16-. The van der Waals surface area contributed by atoms with Gasteiger partial charge in [-0.15, -0.1) is 11.3 Å². The molecule has 1 unspecified atom stereocenters. The second-order valence-corrected chi connectivity index (χ2v) is 7.48. The lowest BCUT2D eigenvalue weighted by Crippen LogP contribution is -1.97. The molecule has 0 aliphatic carbocycles. The van der Waals surface area contributed by atoms with E-state index in [0.717, 1.165) is 16.9 Å². The molecular weight excluding hydrogens is 402 g/mol. The topological polar surface area (TPSA) is 69.5 Å². The summed E-state index contributed by atoms with van der Waals surface area (Å²) in [6.07, 6.45) is 8.58. The molecule has 1 N–H and O–H groups in total. The largest absolute Gasteiger partial charge is 0.493 e. The quantitative estimate of drug-likeness (QED) is 0.218. The molecule has 0 amide bonds. The molecule has 1 heterocycles. The first kappa shape index (κ1) is 23.5. The molecular formula is C23H29NO5S. The highest BCUT2D eigenvalue weighted by Gasteiger charge is 2.12. The average molecular weight is 432 g/mol. The van der Waals surface area contributed by atoms with Crippen molar-refractivity contribution in [3.8, 4) is 17.2 Å². The predicted octanol–water partition coefficient (Wildman–Crippen LogP) is 5.14. The Labute approximate surface area is 182 Å². The first-order chi connectivity index (χ1) is 14.6. The second kappa shape index (κ2) is 12.7. The van der Waals surface area contributed by atoms with E-state index in [-0.39, 0.29) is 0 Å². The number of hydrogen-bond donors (Lipinski definition) is 1. The lowest BCUT2D eigenvalue weighted by molar-refractivity contribution is 0.171. The van der Waals surface area contributed by atoms with Crippen LogP contribution >= 0.6 is 11.3 Å². The number of benzene rings is 1. The smallest absolute Gasteiger partial charge is 0.203 e. The van der Waals surface area contributed by atoms with Gasteiger partial charge < -0.3 is 24.2 Å². The van der Waals surface area contributed by atoms with Crippen molar-refractivity contribution in [3.63, 3.8) is 0 Å². The van der Waals surface area contributed by atoms with Gasteiger partial charge in [-0.3, -0.25) is 0 Å². The van der Waals surface area contributed by atoms with Gasteiger partial charge in [0.2, 0.25) is 5.75 Å². The fourth-order valence-corrected chi connectivity index (χ4v) is 3.47. The van der Waals surface area contributed by atoms with Crippen LogP contribution in [0.5, 0.6) is 17.2 Å². The van der Waals surface area contributed by atoms with Crippen molar-refractivity contribution >= 4 is 17.6 Å². The number of allylic oxidation sites excluding steroid dienone is 3. The van der Waals surface area contributed by atoms with Crippen LogP contribution in [0.15, 0.2) is 58.6 Å². The average Bonchev–Trinajstić information content (AvgIpc) is 3.31. The van der Waals surface area contributed by atoms with E-state index in [1.54, 1.807) is 51.0 Å². The summed E-state index contributed by atoms with van der Waals surface area (Å²) in [5, 5.41) is 16.1. The zero-order chi connectivity index (χ0) is 21.8. The van der Waals surface area contributed by atoms with E-state index < -0.39 is 6.10 Å². The lowest BCUT2D eigenvalue weighted by atomic mass is 10.1. The Hall–Kier alpha value is -2.77. The van der Waals surface area contributed by atoms with Gasteiger partial charge in [0.25, 0.3) is 0 Å². The summed E-state index contributed by atoms with van der Waals surface area (Å²) < 4.78 is 15.9. The minimum atomic E-state index is -0.398. The van der Waals surface area contributed by atoms with Crippen molar-refractivity contribution in [3.05, 3.63) is 63.9 Å². The first-order valence-electron chi connectivity index (χ1n) is 9.58. The van der Waals surface area contributed by atoms with E-state index in [4.69, 9.17) is 19.0 Å². The summed E-state index contributed by atoms with van der Waals surface area (Å²) >= 11 is 1.58. The number of methoxy groups -OCH3 is 3. The Morgan fingerprint density at radius 1 is 1.17 bits per heavy atom. The molecule has 7 heteroatoms. The van der Waals surface area contributed by atoms with Gasteiger partial charge in [-0.25, -0.2) is 0 Å². The first-order valence-corrected chi connectivity index (χ1v) is 10.5. The fourth-order valence-electron chi connectivity index (χ4n) is 2.72. The molecule has 2 rings (SSSR count). The molecule has 30 heavy (non-hydrogen) atoms. The molecule has 0 aliphatic rings. The van der Waals surface area contributed by atoms with Gasteiger partial charge >= 0.3 is 0 Å². The number of thiophene rings is 1. The second-order valence-electron chi connectivity index (χ2n) is 6.50. The molecule has 0 saturated heterocycles. The number of aliphatic hydroxyl groups is 1. The van der Waals surface area contributed by atoms with E-state index in [1.165, 1.54) is 5.57 Å². The van der Waals surface area contributed by atoms with Crippen molar-refractivity contribution in [2.45, 2.75) is 25.9 Å². The van der Waals surface area contributed by atoms with E-state index in [2.05, 4.69) is 12.1 Å². The van der Waals surface area contributed by atoms with Gasteiger partial charge in [-0.2, -0.15) is 0 Å². The van der Waals surface area contributed by atoms with Gasteiger partial charge in [-0.1, -0.05) is 28.9 Å². The highest BCUT2D eigenvalue weighted by atomic mass is 32.1. The summed E-state index contributed by atoms with van der Waals surface area (Å²) in [6.45, 7) is 2.40. The molecule has 1 aromatic carbocycles. The van der Waals surface area contributed by atoms with Crippen molar-refractivity contribution in [1.29, 1.82) is 0 Å². The molecule has 0 bridgehead atoms. The minimum absolute atomic E-state index is 0.350. The number of nitrogens with zero attached hydrogens (tertiary/aromatic N) is 1. The highest BCUT2D eigenvalue weighted by molar-refractivity contribution is 7.10.